The van der Waals surface area contributed by atoms with E-state index in [1.165, 1.54) is 17.8 Å². The van der Waals surface area contributed by atoms with E-state index in [-0.39, 0.29) is 5.54 Å². The van der Waals surface area contributed by atoms with E-state index in [9.17, 15) is 13.2 Å². The van der Waals surface area contributed by atoms with Gasteiger partial charge >= 0.3 is 6.18 Å². The first kappa shape index (κ1) is 15.7. The molecule has 1 aliphatic heterocycles. The van der Waals surface area contributed by atoms with E-state index in [4.69, 9.17) is 0 Å². The van der Waals surface area contributed by atoms with Gasteiger partial charge in [0.2, 0.25) is 0 Å². The third-order valence-corrected chi connectivity index (χ3v) is 4.46. The second-order valence-corrected chi connectivity index (χ2v) is 7.08. The molecule has 20 heavy (non-hydrogen) atoms. The maximum Gasteiger partial charge on any atom is 0.416 e. The number of nitrogens with zero attached hydrogens (tertiary/aromatic N) is 1. The van der Waals surface area contributed by atoms with Gasteiger partial charge in [-0.3, -0.25) is 4.99 Å². The summed E-state index contributed by atoms with van der Waals surface area (Å²) in [5, 5.41) is 3.64. The van der Waals surface area contributed by atoms with Crippen LogP contribution in [0.5, 0.6) is 0 Å². The van der Waals surface area contributed by atoms with Gasteiger partial charge < -0.3 is 5.32 Å². The number of hydrogen-bond donors (Lipinski definition) is 1. The molecule has 0 fully saturated rings. The fraction of sp³-hybridized carbons (Fsp3) is 0.462. The lowest BCUT2D eigenvalue weighted by Crippen LogP contribution is -2.27. The molecule has 1 N–H and O–H groups in total. The molecule has 0 radical (unpaired) electrons. The Balaban J connectivity index is 2.27. The van der Waals surface area contributed by atoms with Crippen molar-refractivity contribution >= 4 is 38.5 Å². The standard InChI is InChI=1S/C13H14BrF3N2S/c1-12(2)5-6-20-11(19-12)18-10-7-8(13(15,16)17)3-4-9(10)14/h3-4,7H,5-6H2,1-2H3,(H,18,19). The summed E-state index contributed by atoms with van der Waals surface area (Å²) in [4.78, 5) is 4.51. The summed E-state index contributed by atoms with van der Waals surface area (Å²) in [5.74, 6) is 0.898. The van der Waals surface area contributed by atoms with Crippen molar-refractivity contribution in [2.24, 2.45) is 4.99 Å². The number of amidine groups is 1. The number of anilines is 1. The molecule has 2 rings (SSSR count). The van der Waals surface area contributed by atoms with Gasteiger partial charge in [0.15, 0.2) is 5.17 Å². The lowest BCUT2D eigenvalue weighted by Gasteiger charge is -2.26. The van der Waals surface area contributed by atoms with Crippen LogP contribution in [0.4, 0.5) is 18.9 Å². The Morgan fingerprint density at radius 1 is 1.35 bits per heavy atom. The van der Waals surface area contributed by atoms with Crippen molar-refractivity contribution in [3.63, 3.8) is 0 Å². The lowest BCUT2D eigenvalue weighted by atomic mass is 10.0. The van der Waals surface area contributed by atoms with Crippen LogP contribution in [0.15, 0.2) is 27.7 Å². The van der Waals surface area contributed by atoms with E-state index in [1.807, 2.05) is 13.8 Å². The molecule has 1 heterocycles. The predicted molar refractivity (Wildman–Crippen MR) is 81.4 cm³/mol. The second-order valence-electron chi connectivity index (χ2n) is 5.15. The Kier molecular flexibility index (Phi) is 4.39. The highest BCUT2D eigenvalue weighted by Gasteiger charge is 2.31. The SMILES string of the molecule is CC1(C)CCSC(Nc2cc(C(F)(F)F)ccc2Br)=N1. The van der Waals surface area contributed by atoms with Crippen LogP contribution in [-0.4, -0.2) is 16.5 Å². The van der Waals surface area contributed by atoms with Crippen LogP contribution in [0.25, 0.3) is 0 Å². The van der Waals surface area contributed by atoms with Gasteiger partial charge in [0, 0.05) is 10.2 Å². The summed E-state index contributed by atoms with van der Waals surface area (Å²) in [6.07, 6.45) is -3.40. The highest BCUT2D eigenvalue weighted by atomic mass is 79.9. The minimum absolute atomic E-state index is 0.179. The topological polar surface area (TPSA) is 24.4 Å². The van der Waals surface area contributed by atoms with E-state index in [0.717, 1.165) is 24.3 Å². The van der Waals surface area contributed by atoms with Crippen LogP contribution >= 0.6 is 27.7 Å². The van der Waals surface area contributed by atoms with Gasteiger partial charge in [-0.15, -0.1) is 0 Å². The quantitative estimate of drug-likeness (QED) is 0.742. The number of hydrogen-bond acceptors (Lipinski definition) is 3. The Labute approximate surface area is 128 Å². The first-order valence-corrected chi connectivity index (χ1v) is 7.82. The monoisotopic (exact) mass is 366 g/mol. The van der Waals surface area contributed by atoms with E-state index < -0.39 is 11.7 Å². The molecule has 0 amide bonds. The average Bonchev–Trinajstić information content (AvgIpc) is 2.29. The first-order valence-electron chi connectivity index (χ1n) is 6.04. The molecule has 0 spiro atoms. The van der Waals surface area contributed by atoms with E-state index in [2.05, 4.69) is 26.2 Å². The number of aliphatic imine (C=N–C) groups is 1. The molecule has 0 unspecified atom stereocenters. The number of rotatable bonds is 1. The Hall–Kier alpha value is -0.690. The van der Waals surface area contributed by atoms with E-state index in [1.54, 1.807) is 0 Å². The Morgan fingerprint density at radius 3 is 2.65 bits per heavy atom. The molecule has 2 nitrogen and oxygen atoms in total. The summed E-state index contributed by atoms with van der Waals surface area (Å²) < 4.78 is 38.7. The van der Waals surface area contributed by atoms with Crippen LogP contribution < -0.4 is 5.32 Å². The smallest absolute Gasteiger partial charge is 0.334 e. The van der Waals surface area contributed by atoms with Gasteiger partial charge in [0.25, 0.3) is 0 Å². The molecule has 0 saturated heterocycles. The van der Waals surface area contributed by atoms with Gasteiger partial charge in [-0.1, -0.05) is 11.8 Å². The zero-order valence-corrected chi connectivity index (χ0v) is 13.4. The van der Waals surface area contributed by atoms with Crippen molar-refractivity contribution in [1.82, 2.24) is 0 Å². The highest BCUT2D eigenvalue weighted by molar-refractivity contribution is 9.10. The van der Waals surface area contributed by atoms with Gasteiger partial charge in [0.1, 0.15) is 0 Å². The molecule has 7 heteroatoms. The molecule has 0 atom stereocenters. The largest absolute Gasteiger partial charge is 0.416 e. The normalized spacial score (nSPS) is 18.6. The Bertz CT molecular complexity index is 541. The van der Waals surface area contributed by atoms with Gasteiger partial charge in [-0.25, -0.2) is 0 Å². The third kappa shape index (κ3) is 3.91. The van der Waals surface area contributed by atoms with Crippen LogP contribution in [-0.2, 0) is 6.18 Å². The summed E-state index contributed by atoms with van der Waals surface area (Å²) in [7, 11) is 0. The zero-order valence-electron chi connectivity index (χ0n) is 11.0. The van der Waals surface area contributed by atoms with Crippen LogP contribution in [0.2, 0.25) is 0 Å². The maximum atomic E-state index is 12.7. The lowest BCUT2D eigenvalue weighted by molar-refractivity contribution is -0.137. The fourth-order valence-electron chi connectivity index (χ4n) is 1.74. The molecule has 1 aromatic rings. The van der Waals surface area contributed by atoms with Crippen molar-refractivity contribution < 1.29 is 13.2 Å². The van der Waals surface area contributed by atoms with Crippen molar-refractivity contribution in [1.29, 1.82) is 0 Å². The van der Waals surface area contributed by atoms with Crippen LogP contribution in [0, 0.1) is 0 Å². The molecular formula is C13H14BrF3N2S. The molecule has 0 aromatic heterocycles. The van der Waals surface area contributed by atoms with E-state index >= 15 is 0 Å². The van der Waals surface area contributed by atoms with Crippen LogP contribution in [0.1, 0.15) is 25.8 Å². The maximum absolute atomic E-state index is 12.7. The molecule has 0 bridgehead atoms. The van der Waals surface area contributed by atoms with Crippen molar-refractivity contribution in [3.8, 4) is 0 Å². The van der Waals surface area contributed by atoms with Crippen molar-refractivity contribution in [2.45, 2.75) is 32.0 Å². The van der Waals surface area contributed by atoms with Gasteiger partial charge in [-0.05, 0) is 54.4 Å². The summed E-state index contributed by atoms with van der Waals surface area (Å²) >= 11 is 4.78. The van der Waals surface area contributed by atoms with Gasteiger partial charge in [0.05, 0.1) is 16.8 Å². The van der Waals surface area contributed by atoms with Crippen molar-refractivity contribution in [3.05, 3.63) is 28.2 Å². The van der Waals surface area contributed by atoms with E-state index in [0.29, 0.717) is 15.3 Å². The second kappa shape index (κ2) is 5.60. The number of halogens is 4. The summed E-state index contributed by atoms with van der Waals surface area (Å²) in [6.45, 7) is 4.02. The summed E-state index contributed by atoms with van der Waals surface area (Å²) in [5.41, 5.74) is -0.477. The highest BCUT2D eigenvalue weighted by Crippen LogP contribution is 2.35. The zero-order chi connectivity index (χ0) is 15.0. The summed E-state index contributed by atoms with van der Waals surface area (Å²) in [6, 6.07) is 3.54. The van der Waals surface area contributed by atoms with Crippen molar-refractivity contribution in [2.75, 3.05) is 11.1 Å². The average molecular weight is 367 g/mol. The molecular weight excluding hydrogens is 353 g/mol. The van der Waals surface area contributed by atoms with Gasteiger partial charge in [-0.2, -0.15) is 13.2 Å². The fourth-order valence-corrected chi connectivity index (χ4v) is 3.37. The molecule has 1 aromatic carbocycles. The minimum Gasteiger partial charge on any atom is -0.334 e. The predicted octanol–water partition coefficient (Wildman–Crippen LogP) is 5.15. The minimum atomic E-state index is -4.35. The number of benzene rings is 1. The number of alkyl halides is 3. The molecule has 110 valence electrons. The first-order chi connectivity index (χ1) is 9.17. The molecule has 0 aliphatic carbocycles. The number of thioether (sulfide) groups is 1. The third-order valence-electron chi connectivity index (χ3n) is 2.89. The molecule has 1 aliphatic rings. The molecule has 0 saturated carbocycles. The Morgan fingerprint density at radius 2 is 2.05 bits per heavy atom. The number of nitrogens with one attached hydrogen (secondary N) is 1. The van der Waals surface area contributed by atoms with Crippen LogP contribution in [0.3, 0.4) is 0 Å².